The Morgan fingerprint density at radius 2 is 2.53 bits per heavy atom. The third-order valence-electron chi connectivity index (χ3n) is 3.22. The van der Waals surface area contributed by atoms with Crippen LogP contribution in [0.4, 0.5) is 0 Å². The average molecular weight is 239 g/mol. The SMILES string of the molecule is CN(Cc1c(C(=O)O)cnn1C)C1CCOC1. The number of carboxylic acids is 1. The Labute approximate surface area is 99.8 Å². The molecular weight excluding hydrogens is 222 g/mol. The van der Waals surface area contributed by atoms with E-state index in [-0.39, 0.29) is 5.56 Å². The van der Waals surface area contributed by atoms with E-state index in [0.717, 1.165) is 25.3 Å². The van der Waals surface area contributed by atoms with E-state index in [0.29, 0.717) is 12.6 Å². The van der Waals surface area contributed by atoms with E-state index in [4.69, 9.17) is 9.84 Å². The van der Waals surface area contributed by atoms with Gasteiger partial charge in [-0.3, -0.25) is 9.58 Å². The highest BCUT2D eigenvalue weighted by molar-refractivity contribution is 5.88. The molecule has 17 heavy (non-hydrogen) atoms. The summed E-state index contributed by atoms with van der Waals surface area (Å²) in [6.45, 7) is 2.08. The highest BCUT2D eigenvalue weighted by Crippen LogP contribution is 2.16. The molecule has 1 fully saturated rings. The van der Waals surface area contributed by atoms with Gasteiger partial charge in [-0.1, -0.05) is 0 Å². The molecule has 0 amide bonds. The van der Waals surface area contributed by atoms with Gasteiger partial charge in [-0.05, 0) is 13.5 Å². The lowest BCUT2D eigenvalue weighted by Crippen LogP contribution is -2.32. The number of hydrogen-bond donors (Lipinski definition) is 1. The van der Waals surface area contributed by atoms with Crippen molar-refractivity contribution in [3.63, 3.8) is 0 Å². The van der Waals surface area contributed by atoms with Gasteiger partial charge in [-0.15, -0.1) is 0 Å². The summed E-state index contributed by atoms with van der Waals surface area (Å²) in [5, 5.41) is 13.1. The summed E-state index contributed by atoms with van der Waals surface area (Å²) in [6, 6.07) is 0.367. The average Bonchev–Trinajstić information content (AvgIpc) is 2.89. The van der Waals surface area contributed by atoms with Crippen LogP contribution in [-0.2, 0) is 18.3 Å². The Bertz CT molecular complexity index is 410. The minimum absolute atomic E-state index is 0.276. The lowest BCUT2D eigenvalue weighted by atomic mass is 10.2. The second-order valence-electron chi connectivity index (χ2n) is 4.37. The molecule has 0 saturated carbocycles. The molecular formula is C11H17N3O3. The van der Waals surface area contributed by atoms with Gasteiger partial charge in [-0.25, -0.2) is 4.79 Å². The Balaban J connectivity index is 2.11. The molecule has 1 aliphatic rings. The van der Waals surface area contributed by atoms with Gasteiger partial charge in [0.1, 0.15) is 5.56 Å². The van der Waals surface area contributed by atoms with Crippen molar-refractivity contribution < 1.29 is 14.6 Å². The van der Waals surface area contributed by atoms with E-state index in [1.165, 1.54) is 6.20 Å². The van der Waals surface area contributed by atoms with E-state index in [9.17, 15) is 4.79 Å². The number of carboxylic acid groups (broad SMARTS) is 1. The molecule has 6 heteroatoms. The molecule has 6 nitrogen and oxygen atoms in total. The predicted octanol–water partition coefficient (Wildman–Crippen LogP) is 0.339. The standard InChI is InChI=1S/C11H17N3O3/c1-13(8-3-4-17-7-8)6-10-9(11(15)16)5-12-14(10)2/h5,8H,3-4,6-7H2,1-2H3,(H,15,16). The van der Waals surface area contributed by atoms with Crippen LogP contribution in [0.2, 0.25) is 0 Å². The zero-order valence-corrected chi connectivity index (χ0v) is 10.1. The van der Waals surface area contributed by atoms with Crippen LogP contribution < -0.4 is 0 Å². The molecule has 1 saturated heterocycles. The van der Waals surface area contributed by atoms with Crippen molar-refractivity contribution in [2.45, 2.75) is 19.0 Å². The first-order valence-electron chi connectivity index (χ1n) is 5.61. The smallest absolute Gasteiger partial charge is 0.339 e. The Morgan fingerprint density at radius 1 is 1.76 bits per heavy atom. The third kappa shape index (κ3) is 2.48. The minimum Gasteiger partial charge on any atom is -0.478 e. The monoisotopic (exact) mass is 239 g/mol. The zero-order chi connectivity index (χ0) is 12.4. The second-order valence-corrected chi connectivity index (χ2v) is 4.37. The molecule has 0 radical (unpaired) electrons. The summed E-state index contributed by atoms with van der Waals surface area (Å²) in [6.07, 6.45) is 2.40. The molecule has 94 valence electrons. The molecule has 2 heterocycles. The fraction of sp³-hybridized carbons (Fsp3) is 0.636. The van der Waals surface area contributed by atoms with Gasteiger partial charge in [0.15, 0.2) is 0 Å². The fourth-order valence-corrected chi connectivity index (χ4v) is 2.06. The molecule has 1 aromatic rings. The van der Waals surface area contributed by atoms with Gasteiger partial charge >= 0.3 is 5.97 Å². The number of hydrogen-bond acceptors (Lipinski definition) is 4. The van der Waals surface area contributed by atoms with E-state index < -0.39 is 5.97 Å². The van der Waals surface area contributed by atoms with Crippen LogP contribution in [0.1, 0.15) is 22.5 Å². The number of rotatable bonds is 4. The normalized spacial score (nSPS) is 20.1. The number of ether oxygens (including phenoxy) is 1. The highest BCUT2D eigenvalue weighted by atomic mass is 16.5. The number of aromatic carboxylic acids is 1. The molecule has 1 aliphatic heterocycles. The van der Waals surface area contributed by atoms with Crippen molar-refractivity contribution in [1.29, 1.82) is 0 Å². The van der Waals surface area contributed by atoms with Gasteiger partial charge in [0, 0.05) is 26.2 Å². The first-order valence-corrected chi connectivity index (χ1v) is 5.61. The van der Waals surface area contributed by atoms with Crippen molar-refractivity contribution in [2.75, 3.05) is 20.3 Å². The van der Waals surface area contributed by atoms with Gasteiger partial charge in [0.2, 0.25) is 0 Å². The maximum Gasteiger partial charge on any atom is 0.339 e. The Kier molecular flexibility index (Phi) is 3.44. The lowest BCUT2D eigenvalue weighted by Gasteiger charge is -2.22. The maximum absolute atomic E-state index is 11.0. The van der Waals surface area contributed by atoms with Crippen molar-refractivity contribution >= 4 is 5.97 Å². The minimum atomic E-state index is -0.927. The summed E-state index contributed by atoms with van der Waals surface area (Å²) in [4.78, 5) is 13.2. The van der Waals surface area contributed by atoms with Crippen LogP contribution in [0, 0.1) is 0 Å². The third-order valence-corrected chi connectivity index (χ3v) is 3.22. The van der Waals surface area contributed by atoms with Crippen molar-refractivity contribution in [3.8, 4) is 0 Å². The van der Waals surface area contributed by atoms with Gasteiger partial charge in [-0.2, -0.15) is 5.10 Å². The molecule has 0 bridgehead atoms. The Morgan fingerprint density at radius 3 is 3.12 bits per heavy atom. The molecule has 1 unspecified atom stereocenters. The summed E-state index contributed by atoms with van der Waals surface area (Å²) < 4.78 is 6.95. The molecule has 0 aromatic carbocycles. The number of nitrogens with zero attached hydrogens (tertiary/aromatic N) is 3. The molecule has 2 rings (SSSR count). The van der Waals surface area contributed by atoms with Crippen LogP contribution in [-0.4, -0.2) is 52.1 Å². The first-order chi connectivity index (χ1) is 8.09. The van der Waals surface area contributed by atoms with E-state index in [2.05, 4.69) is 10.00 Å². The number of likely N-dealkylation sites (N-methyl/N-ethyl adjacent to an activating group) is 1. The maximum atomic E-state index is 11.0. The van der Waals surface area contributed by atoms with Crippen molar-refractivity contribution in [2.24, 2.45) is 7.05 Å². The Hall–Kier alpha value is -1.40. The largest absolute Gasteiger partial charge is 0.478 e. The van der Waals surface area contributed by atoms with Gasteiger partial charge in [0.05, 0.1) is 18.5 Å². The first kappa shape index (κ1) is 12.1. The zero-order valence-electron chi connectivity index (χ0n) is 10.1. The van der Waals surface area contributed by atoms with E-state index in [1.807, 2.05) is 7.05 Å². The second kappa shape index (κ2) is 4.85. The number of aromatic nitrogens is 2. The lowest BCUT2D eigenvalue weighted by molar-refractivity contribution is 0.0693. The van der Waals surface area contributed by atoms with Crippen LogP contribution in [0.3, 0.4) is 0 Å². The molecule has 0 spiro atoms. The van der Waals surface area contributed by atoms with E-state index >= 15 is 0 Å². The summed E-state index contributed by atoms with van der Waals surface area (Å²) in [7, 11) is 3.75. The molecule has 1 aromatic heterocycles. The van der Waals surface area contributed by atoms with Gasteiger partial charge in [0.25, 0.3) is 0 Å². The summed E-state index contributed by atoms with van der Waals surface area (Å²) in [5.41, 5.74) is 1.00. The summed E-state index contributed by atoms with van der Waals surface area (Å²) >= 11 is 0. The molecule has 1 atom stereocenters. The molecule has 1 N–H and O–H groups in total. The van der Waals surface area contributed by atoms with E-state index in [1.54, 1.807) is 11.7 Å². The van der Waals surface area contributed by atoms with Crippen LogP contribution in [0.15, 0.2) is 6.20 Å². The topological polar surface area (TPSA) is 67.6 Å². The summed E-state index contributed by atoms with van der Waals surface area (Å²) in [5.74, 6) is -0.927. The number of aryl methyl sites for hydroxylation is 1. The number of carbonyl (C=O) groups is 1. The molecule has 0 aliphatic carbocycles. The van der Waals surface area contributed by atoms with Crippen LogP contribution in [0.25, 0.3) is 0 Å². The van der Waals surface area contributed by atoms with Crippen molar-refractivity contribution in [3.05, 3.63) is 17.5 Å². The van der Waals surface area contributed by atoms with Crippen LogP contribution >= 0.6 is 0 Å². The van der Waals surface area contributed by atoms with Gasteiger partial charge < -0.3 is 9.84 Å². The van der Waals surface area contributed by atoms with Crippen molar-refractivity contribution in [1.82, 2.24) is 14.7 Å². The van der Waals surface area contributed by atoms with Crippen LogP contribution in [0.5, 0.6) is 0 Å². The quantitative estimate of drug-likeness (QED) is 0.820. The highest BCUT2D eigenvalue weighted by Gasteiger charge is 2.23. The fourth-order valence-electron chi connectivity index (χ4n) is 2.06. The predicted molar refractivity (Wildman–Crippen MR) is 60.9 cm³/mol.